The van der Waals surface area contributed by atoms with E-state index >= 15 is 0 Å². The van der Waals surface area contributed by atoms with Crippen molar-refractivity contribution < 1.29 is 19.4 Å². The summed E-state index contributed by atoms with van der Waals surface area (Å²) in [5.74, 6) is -0.431. The van der Waals surface area contributed by atoms with E-state index in [9.17, 15) is 9.90 Å². The molecule has 0 saturated carbocycles. The zero-order valence-electron chi connectivity index (χ0n) is 7.33. The molecule has 74 valence electrons. The fourth-order valence-electron chi connectivity index (χ4n) is 1.35. The van der Waals surface area contributed by atoms with Gasteiger partial charge in [-0.2, -0.15) is 0 Å². The number of carbonyl (C=O) groups excluding carboxylic acids is 1. The van der Waals surface area contributed by atoms with Gasteiger partial charge in [0.05, 0.1) is 17.7 Å². The quantitative estimate of drug-likeness (QED) is 0.724. The Morgan fingerprint density at radius 2 is 2.36 bits per heavy atom. The van der Waals surface area contributed by atoms with Gasteiger partial charge >= 0.3 is 5.97 Å². The zero-order chi connectivity index (χ0) is 10.3. The van der Waals surface area contributed by atoms with E-state index in [2.05, 4.69) is 0 Å². The predicted octanol–water partition coefficient (Wildman–Crippen LogP) is 1.72. The van der Waals surface area contributed by atoms with Crippen molar-refractivity contribution in [2.45, 2.75) is 6.61 Å². The molecule has 0 aliphatic carbocycles. The van der Waals surface area contributed by atoms with Crippen molar-refractivity contribution >= 4 is 17.6 Å². The number of carbonyl (C=O) groups is 1. The highest BCUT2D eigenvalue weighted by molar-refractivity contribution is 6.33. The number of aromatic hydroxyl groups is 1. The van der Waals surface area contributed by atoms with Gasteiger partial charge in [-0.3, -0.25) is 0 Å². The van der Waals surface area contributed by atoms with E-state index in [0.717, 1.165) is 0 Å². The van der Waals surface area contributed by atoms with Crippen LogP contribution < -0.4 is 4.74 Å². The topological polar surface area (TPSA) is 55.8 Å². The summed E-state index contributed by atoms with van der Waals surface area (Å²) in [6, 6.07) is 1.42. The van der Waals surface area contributed by atoms with Gasteiger partial charge in [0, 0.05) is 5.56 Å². The molecule has 0 bridgehead atoms. The molecule has 5 heteroatoms. The van der Waals surface area contributed by atoms with Crippen molar-refractivity contribution in [2.24, 2.45) is 0 Å². The Labute approximate surface area is 85.0 Å². The van der Waals surface area contributed by atoms with Gasteiger partial charge in [0.1, 0.15) is 6.61 Å². The zero-order valence-corrected chi connectivity index (χ0v) is 8.09. The lowest BCUT2D eigenvalue weighted by Crippen LogP contribution is -1.95. The Morgan fingerprint density at radius 1 is 1.64 bits per heavy atom. The summed E-state index contributed by atoms with van der Waals surface area (Å²) in [5.41, 5.74) is 0.861. The van der Waals surface area contributed by atoms with Gasteiger partial charge < -0.3 is 14.6 Å². The predicted molar refractivity (Wildman–Crippen MR) is 48.8 cm³/mol. The van der Waals surface area contributed by atoms with Gasteiger partial charge in [-0.15, -0.1) is 0 Å². The molecule has 1 N–H and O–H groups in total. The van der Waals surface area contributed by atoms with E-state index in [1.807, 2.05) is 0 Å². The SMILES string of the molecule is COc1cc2c(c(Cl)c1O)COC2=O. The fourth-order valence-corrected chi connectivity index (χ4v) is 1.60. The van der Waals surface area contributed by atoms with Crippen LogP contribution in [-0.4, -0.2) is 18.2 Å². The maximum absolute atomic E-state index is 11.2. The number of phenols is 1. The van der Waals surface area contributed by atoms with E-state index in [4.69, 9.17) is 21.1 Å². The summed E-state index contributed by atoms with van der Waals surface area (Å²) in [6.45, 7) is 0.102. The van der Waals surface area contributed by atoms with Crippen LogP contribution in [0.1, 0.15) is 15.9 Å². The van der Waals surface area contributed by atoms with E-state index in [-0.39, 0.29) is 23.1 Å². The van der Waals surface area contributed by atoms with Crippen molar-refractivity contribution in [3.8, 4) is 11.5 Å². The first-order chi connectivity index (χ1) is 6.65. The third-order valence-corrected chi connectivity index (χ3v) is 2.50. The van der Waals surface area contributed by atoms with Crippen molar-refractivity contribution in [1.82, 2.24) is 0 Å². The molecule has 0 aromatic heterocycles. The highest BCUT2D eigenvalue weighted by Gasteiger charge is 2.27. The first-order valence-electron chi connectivity index (χ1n) is 3.90. The number of rotatable bonds is 1. The second-order valence-electron chi connectivity index (χ2n) is 2.84. The van der Waals surface area contributed by atoms with Gasteiger partial charge in [0.25, 0.3) is 0 Å². The molecule has 1 aromatic rings. The minimum absolute atomic E-state index is 0.102. The molecule has 0 saturated heterocycles. The lowest BCUT2D eigenvalue weighted by molar-refractivity contribution is 0.0535. The van der Waals surface area contributed by atoms with Crippen molar-refractivity contribution in [3.05, 3.63) is 22.2 Å². The summed E-state index contributed by atoms with van der Waals surface area (Å²) in [7, 11) is 1.39. The van der Waals surface area contributed by atoms with Crippen molar-refractivity contribution in [3.63, 3.8) is 0 Å². The monoisotopic (exact) mass is 214 g/mol. The molecule has 0 fully saturated rings. The molecule has 0 unspecified atom stereocenters. The summed E-state index contributed by atoms with van der Waals surface area (Å²) < 4.78 is 9.63. The third kappa shape index (κ3) is 1.11. The number of hydrogen-bond acceptors (Lipinski definition) is 4. The summed E-state index contributed by atoms with van der Waals surface area (Å²) in [5, 5.41) is 9.64. The summed E-state index contributed by atoms with van der Waals surface area (Å²) in [4.78, 5) is 11.2. The Hall–Kier alpha value is -1.42. The van der Waals surface area contributed by atoms with Crippen LogP contribution in [0.3, 0.4) is 0 Å². The Balaban J connectivity index is 2.68. The Morgan fingerprint density at radius 3 is 3.00 bits per heavy atom. The van der Waals surface area contributed by atoms with Crippen LogP contribution >= 0.6 is 11.6 Å². The lowest BCUT2D eigenvalue weighted by Gasteiger charge is -2.06. The number of methoxy groups -OCH3 is 1. The molecule has 1 aliphatic rings. The van der Waals surface area contributed by atoms with Crippen LogP contribution in [0.4, 0.5) is 0 Å². The number of fused-ring (bicyclic) bond motifs is 1. The third-order valence-electron chi connectivity index (χ3n) is 2.09. The number of hydrogen-bond donors (Lipinski definition) is 1. The Bertz CT molecular complexity index is 414. The van der Waals surface area contributed by atoms with Crippen molar-refractivity contribution in [1.29, 1.82) is 0 Å². The molecule has 1 aliphatic heterocycles. The van der Waals surface area contributed by atoms with Gasteiger partial charge in [0.15, 0.2) is 11.5 Å². The van der Waals surface area contributed by atoms with Gasteiger partial charge in [-0.1, -0.05) is 11.6 Å². The first-order valence-corrected chi connectivity index (χ1v) is 4.28. The number of benzene rings is 1. The minimum atomic E-state index is -0.444. The first kappa shape index (κ1) is 9.15. The molecule has 0 spiro atoms. The highest BCUT2D eigenvalue weighted by atomic mass is 35.5. The van der Waals surface area contributed by atoms with Crippen LogP contribution in [0, 0.1) is 0 Å². The number of cyclic esters (lactones) is 1. The van der Waals surface area contributed by atoms with Crippen LogP contribution in [0.5, 0.6) is 11.5 Å². The maximum atomic E-state index is 11.2. The normalized spacial score (nSPS) is 13.7. The van der Waals surface area contributed by atoms with E-state index in [0.29, 0.717) is 11.1 Å². The largest absolute Gasteiger partial charge is 0.503 e. The van der Waals surface area contributed by atoms with E-state index in [1.165, 1.54) is 13.2 Å². The minimum Gasteiger partial charge on any atom is -0.503 e. The molecule has 1 aromatic carbocycles. The average Bonchev–Trinajstić information content (AvgIpc) is 2.54. The van der Waals surface area contributed by atoms with Gasteiger partial charge in [-0.25, -0.2) is 4.79 Å². The standard InChI is InChI=1S/C9H7ClO4/c1-13-6-2-4-5(3-14-9(4)12)7(10)8(6)11/h2,11H,3H2,1H3. The summed E-state index contributed by atoms with van der Waals surface area (Å²) in [6.07, 6.45) is 0. The van der Waals surface area contributed by atoms with Gasteiger partial charge in [-0.05, 0) is 6.07 Å². The molecule has 4 nitrogen and oxygen atoms in total. The number of halogens is 1. The Kier molecular flexibility index (Phi) is 2.00. The molecule has 2 rings (SSSR count). The van der Waals surface area contributed by atoms with Crippen LogP contribution in [-0.2, 0) is 11.3 Å². The fraction of sp³-hybridized carbons (Fsp3) is 0.222. The maximum Gasteiger partial charge on any atom is 0.339 e. The van der Waals surface area contributed by atoms with Crippen LogP contribution in [0.25, 0.3) is 0 Å². The molecule has 0 amide bonds. The number of phenolic OH excluding ortho intramolecular Hbond substituents is 1. The molecular weight excluding hydrogens is 208 g/mol. The van der Waals surface area contributed by atoms with Crippen LogP contribution in [0.2, 0.25) is 5.02 Å². The highest BCUT2D eigenvalue weighted by Crippen LogP contribution is 2.41. The molecular formula is C9H7ClO4. The van der Waals surface area contributed by atoms with Gasteiger partial charge in [0.2, 0.25) is 0 Å². The van der Waals surface area contributed by atoms with Crippen LogP contribution in [0.15, 0.2) is 6.07 Å². The number of esters is 1. The molecule has 0 atom stereocenters. The smallest absolute Gasteiger partial charge is 0.339 e. The average molecular weight is 215 g/mol. The van der Waals surface area contributed by atoms with Crippen molar-refractivity contribution in [2.75, 3.05) is 7.11 Å². The number of ether oxygens (including phenoxy) is 2. The molecule has 1 heterocycles. The molecule has 0 radical (unpaired) electrons. The second kappa shape index (κ2) is 3.06. The van der Waals surface area contributed by atoms with E-state index in [1.54, 1.807) is 0 Å². The van der Waals surface area contributed by atoms with E-state index < -0.39 is 5.97 Å². The molecule has 14 heavy (non-hydrogen) atoms. The lowest BCUT2D eigenvalue weighted by atomic mass is 10.1. The summed E-state index contributed by atoms with van der Waals surface area (Å²) >= 11 is 5.83. The second-order valence-corrected chi connectivity index (χ2v) is 3.22.